The molecule has 0 saturated carbocycles. The van der Waals surface area contributed by atoms with E-state index in [-0.39, 0.29) is 11.8 Å². The first-order valence-electron chi connectivity index (χ1n) is 5.70. The summed E-state index contributed by atoms with van der Waals surface area (Å²) in [4.78, 5) is 11.2. The van der Waals surface area contributed by atoms with Gasteiger partial charge in [-0.15, -0.1) is 0 Å². The van der Waals surface area contributed by atoms with Gasteiger partial charge in [0.15, 0.2) is 0 Å². The van der Waals surface area contributed by atoms with Crippen LogP contribution in [0, 0.1) is 0 Å². The number of carbonyl (C=O) groups is 1. The van der Waals surface area contributed by atoms with Gasteiger partial charge in [0.25, 0.3) is 0 Å². The molecule has 17 heavy (non-hydrogen) atoms. The molecule has 1 atom stereocenters. The Morgan fingerprint density at radius 2 is 1.94 bits per heavy atom. The van der Waals surface area contributed by atoms with Gasteiger partial charge in [0.2, 0.25) is 0 Å². The molecule has 0 aliphatic rings. The fourth-order valence-electron chi connectivity index (χ4n) is 1.82. The first-order valence-corrected chi connectivity index (χ1v) is 5.70. The molecule has 0 aromatic heterocycles. The summed E-state index contributed by atoms with van der Waals surface area (Å²) in [5.74, 6) is -0.402. The molecule has 0 aliphatic carbocycles. The second-order valence-electron chi connectivity index (χ2n) is 5.13. The first kappa shape index (κ1) is 13.7. The van der Waals surface area contributed by atoms with Gasteiger partial charge in [-0.25, -0.2) is 0 Å². The van der Waals surface area contributed by atoms with E-state index in [2.05, 4.69) is 25.5 Å². The molecule has 3 heteroatoms. The Labute approximate surface area is 102 Å². The maximum atomic E-state index is 11.2. The number of rotatable bonds is 3. The van der Waals surface area contributed by atoms with Gasteiger partial charge in [-0.1, -0.05) is 45.0 Å². The molecular weight excluding hydrogens is 216 g/mol. The van der Waals surface area contributed by atoms with Crippen LogP contribution in [-0.4, -0.2) is 18.2 Å². The highest BCUT2D eigenvalue weighted by Crippen LogP contribution is 2.30. The van der Waals surface area contributed by atoms with Crippen molar-refractivity contribution < 1.29 is 14.6 Å². The lowest BCUT2D eigenvalue weighted by Gasteiger charge is -2.24. The van der Waals surface area contributed by atoms with Gasteiger partial charge >= 0.3 is 5.97 Å². The molecule has 1 aromatic carbocycles. The van der Waals surface area contributed by atoms with Crippen molar-refractivity contribution >= 4 is 5.97 Å². The predicted octanol–water partition coefficient (Wildman–Crippen LogP) is 2.58. The summed E-state index contributed by atoms with van der Waals surface area (Å²) in [5.41, 5.74) is 1.79. The summed E-state index contributed by atoms with van der Waals surface area (Å²) < 4.78 is 4.57. The van der Waals surface area contributed by atoms with E-state index >= 15 is 0 Å². The van der Waals surface area contributed by atoms with Crippen molar-refractivity contribution in [3.63, 3.8) is 0 Å². The zero-order chi connectivity index (χ0) is 13.1. The molecule has 0 fully saturated rings. The second-order valence-corrected chi connectivity index (χ2v) is 5.13. The van der Waals surface area contributed by atoms with Gasteiger partial charge < -0.3 is 9.84 Å². The van der Waals surface area contributed by atoms with Crippen LogP contribution in [0.15, 0.2) is 24.3 Å². The van der Waals surface area contributed by atoms with Crippen molar-refractivity contribution in [2.45, 2.75) is 38.7 Å². The van der Waals surface area contributed by atoms with E-state index in [1.165, 1.54) is 7.11 Å². The Morgan fingerprint density at radius 3 is 2.47 bits per heavy atom. The highest BCUT2D eigenvalue weighted by atomic mass is 16.5. The van der Waals surface area contributed by atoms with E-state index in [4.69, 9.17) is 0 Å². The second kappa shape index (κ2) is 5.32. The summed E-state index contributed by atoms with van der Waals surface area (Å²) in [6.45, 7) is 6.24. The zero-order valence-electron chi connectivity index (χ0n) is 10.9. The molecule has 3 nitrogen and oxygen atoms in total. The van der Waals surface area contributed by atoms with Crippen LogP contribution in [0.1, 0.15) is 44.4 Å². The largest absolute Gasteiger partial charge is 0.469 e. The number of hydrogen-bond donors (Lipinski definition) is 1. The van der Waals surface area contributed by atoms with Crippen LogP contribution >= 0.6 is 0 Å². The van der Waals surface area contributed by atoms with Gasteiger partial charge in [0.05, 0.1) is 19.6 Å². The third-order valence-corrected chi connectivity index (χ3v) is 2.72. The number of aliphatic hydroxyl groups is 1. The smallest absolute Gasteiger partial charge is 0.308 e. The third-order valence-electron chi connectivity index (χ3n) is 2.72. The molecule has 1 N–H and O–H groups in total. The third kappa shape index (κ3) is 3.56. The quantitative estimate of drug-likeness (QED) is 0.820. The number of aliphatic hydroxyl groups excluding tert-OH is 1. The van der Waals surface area contributed by atoms with E-state index in [1.54, 1.807) is 0 Å². The number of esters is 1. The fourth-order valence-corrected chi connectivity index (χ4v) is 1.82. The highest BCUT2D eigenvalue weighted by molar-refractivity contribution is 5.70. The van der Waals surface area contributed by atoms with Crippen LogP contribution in [0.2, 0.25) is 0 Å². The Bertz CT molecular complexity index is 391. The summed E-state index contributed by atoms with van der Waals surface area (Å²) >= 11 is 0. The maximum absolute atomic E-state index is 11.2. The van der Waals surface area contributed by atoms with E-state index in [9.17, 15) is 9.90 Å². The fraction of sp³-hybridized carbons (Fsp3) is 0.500. The van der Waals surface area contributed by atoms with Crippen molar-refractivity contribution in [3.05, 3.63) is 35.4 Å². The lowest BCUT2D eigenvalue weighted by atomic mass is 9.82. The Hall–Kier alpha value is -1.35. The van der Waals surface area contributed by atoms with Gasteiger partial charge in [-0.05, 0) is 16.5 Å². The topological polar surface area (TPSA) is 46.5 Å². The van der Waals surface area contributed by atoms with Crippen LogP contribution in [0.3, 0.4) is 0 Å². The minimum atomic E-state index is -0.808. The minimum absolute atomic E-state index is 0.0103. The van der Waals surface area contributed by atoms with Gasteiger partial charge in [-0.3, -0.25) is 4.79 Å². The average Bonchev–Trinajstić information content (AvgIpc) is 2.27. The van der Waals surface area contributed by atoms with E-state index < -0.39 is 12.1 Å². The van der Waals surface area contributed by atoms with Crippen molar-refractivity contribution in [1.82, 2.24) is 0 Å². The summed E-state index contributed by atoms with van der Waals surface area (Å²) in [7, 11) is 1.32. The summed E-state index contributed by atoms with van der Waals surface area (Å²) in [6.07, 6.45) is -0.818. The molecule has 0 spiro atoms. The predicted molar refractivity (Wildman–Crippen MR) is 66.7 cm³/mol. The van der Waals surface area contributed by atoms with Crippen molar-refractivity contribution in [2.75, 3.05) is 7.11 Å². The number of hydrogen-bond acceptors (Lipinski definition) is 3. The Kier molecular flexibility index (Phi) is 4.29. The van der Waals surface area contributed by atoms with Gasteiger partial charge in [-0.2, -0.15) is 0 Å². The molecule has 0 bridgehead atoms. The standard InChI is InChI=1S/C14H20O3/c1-14(2,3)11-8-6-5-7-10(11)12(15)9-13(16)17-4/h5-8,12,15H,9H2,1-4H3/t12-/m0/s1. The van der Waals surface area contributed by atoms with Crippen molar-refractivity contribution in [2.24, 2.45) is 0 Å². The molecule has 0 amide bonds. The van der Waals surface area contributed by atoms with Gasteiger partial charge in [0.1, 0.15) is 0 Å². The Balaban J connectivity index is 3.01. The van der Waals surface area contributed by atoms with Crippen LogP contribution in [0.5, 0.6) is 0 Å². The molecule has 1 aromatic rings. The normalized spacial score (nSPS) is 13.2. The van der Waals surface area contributed by atoms with Gasteiger partial charge in [0, 0.05) is 0 Å². The monoisotopic (exact) mass is 236 g/mol. The van der Waals surface area contributed by atoms with Crippen molar-refractivity contribution in [1.29, 1.82) is 0 Å². The number of carbonyl (C=O) groups excluding carboxylic acids is 1. The molecule has 94 valence electrons. The molecule has 0 saturated heterocycles. The molecule has 0 heterocycles. The van der Waals surface area contributed by atoms with E-state index in [0.29, 0.717) is 0 Å². The van der Waals surface area contributed by atoms with E-state index in [0.717, 1.165) is 11.1 Å². The lowest BCUT2D eigenvalue weighted by Crippen LogP contribution is -2.17. The average molecular weight is 236 g/mol. The maximum Gasteiger partial charge on any atom is 0.308 e. The van der Waals surface area contributed by atoms with E-state index in [1.807, 2.05) is 24.3 Å². The first-order chi connectivity index (χ1) is 7.86. The Morgan fingerprint density at radius 1 is 1.35 bits per heavy atom. The molecule has 0 aliphatic heterocycles. The highest BCUT2D eigenvalue weighted by Gasteiger charge is 2.22. The summed E-state index contributed by atoms with van der Waals surface area (Å²) in [6, 6.07) is 7.64. The number of benzene rings is 1. The number of methoxy groups -OCH3 is 1. The molecule has 0 radical (unpaired) electrons. The van der Waals surface area contributed by atoms with Crippen molar-refractivity contribution in [3.8, 4) is 0 Å². The molecular formula is C14H20O3. The van der Waals surface area contributed by atoms with Crippen LogP contribution < -0.4 is 0 Å². The number of ether oxygens (including phenoxy) is 1. The summed E-state index contributed by atoms with van der Waals surface area (Å²) in [5, 5.41) is 10.1. The van der Waals surface area contributed by atoms with Crippen LogP contribution in [0.25, 0.3) is 0 Å². The zero-order valence-corrected chi connectivity index (χ0v) is 10.9. The van der Waals surface area contributed by atoms with Crippen LogP contribution in [-0.2, 0) is 14.9 Å². The van der Waals surface area contributed by atoms with Crippen LogP contribution in [0.4, 0.5) is 0 Å². The lowest BCUT2D eigenvalue weighted by molar-refractivity contribution is -0.142. The molecule has 1 rings (SSSR count). The molecule has 0 unspecified atom stereocenters. The SMILES string of the molecule is COC(=O)C[C@H](O)c1ccccc1C(C)(C)C. The minimum Gasteiger partial charge on any atom is -0.469 e.